The Morgan fingerprint density at radius 1 is 0.966 bits per heavy atom. The lowest BCUT2D eigenvalue weighted by Gasteiger charge is -2.35. The Balaban J connectivity index is 1.53. The first-order valence-corrected chi connectivity index (χ1v) is 10.8. The van der Waals surface area contributed by atoms with Gasteiger partial charge in [-0.15, -0.1) is 11.3 Å². The predicted molar refractivity (Wildman–Crippen MR) is 116 cm³/mol. The van der Waals surface area contributed by atoms with Crippen molar-refractivity contribution in [2.75, 3.05) is 5.32 Å². The van der Waals surface area contributed by atoms with Crippen molar-refractivity contribution in [2.24, 2.45) is 0 Å². The molecule has 0 saturated heterocycles. The summed E-state index contributed by atoms with van der Waals surface area (Å²) in [6.07, 6.45) is 1.38. The summed E-state index contributed by atoms with van der Waals surface area (Å²) < 4.78 is 2.20. The number of rotatable bonds is 2. The molecule has 0 fully saturated rings. The molecule has 2 aromatic carbocycles. The fourth-order valence-corrected chi connectivity index (χ4v) is 5.53. The van der Waals surface area contributed by atoms with E-state index in [9.17, 15) is 4.79 Å². The molecule has 1 aliphatic carbocycles. The summed E-state index contributed by atoms with van der Waals surface area (Å²) in [5.74, 6) is 1.26. The molecular weight excluding hydrogens is 378 g/mol. The lowest BCUT2D eigenvalue weighted by Crippen LogP contribution is -2.32. The number of fused-ring (bicyclic) bond motifs is 3. The monoisotopic (exact) mass is 397 g/mol. The number of aromatic nitrogens is 2. The van der Waals surface area contributed by atoms with Gasteiger partial charge >= 0.3 is 0 Å². The topological polar surface area (TPSA) is 46.9 Å². The minimum atomic E-state index is -0.113. The molecule has 142 valence electrons. The van der Waals surface area contributed by atoms with Gasteiger partial charge in [0.2, 0.25) is 5.95 Å². The highest BCUT2D eigenvalue weighted by Gasteiger charge is 2.39. The fraction of sp³-hybridized carbons (Fsp3) is 0.167. The molecule has 6 rings (SSSR count). The van der Waals surface area contributed by atoms with Crippen LogP contribution in [-0.4, -0.2) is 15.3 Å². The Labute approximate surface area is 172 Å². The molecule has 5 heteroatoms. The maximum atomic E-state index is 13.5. The summed E-state index contributed by atoms with van der Waals surface area (Å²) in [5.41, 5.74) is 5.15. The molecule has 2 atom stereocenters. The van der Waals surface area contributed by atoms with E-state index in [0.29, 0.717) is 6.42 Å². The zero-order valence-corrected chi connectivity index (χ0v) is 16.5. The average Bonchev–Trinajstić information content (AvgIpc) is 3.40. The van der Waals surface area contributed by atoms with Gasteiger partial charge in [-0.25, -0.2) is 4.98 Å². The third kappa shape index (κ3) is 2.58. The molecular formula is C24H19N3OS. The first-order valence-electron chi connectivity index (χ1n) is 9.88. The van der Waals surface area contributed by atoms with Crippen LogP contribution < -0.4 is 5.32 Å². The number of hydrogen-bond acceptors (Lipinski definition) is 4. The van der Waals surface area contributed by atoms with Gasteiger partial charge in [-0.2, -0.15) is 0 Å². The Morgan fingerprint density at radius 3 is 2.62 bits per heavy atom. The number of anilines is 1. The van der Waals surface area contributed by atoms with E-state index in [4.69, 9.17) is 4.98 Å². The molecule has 29 heavy (non-hydrogen) atoms. The number of Topliss-reactive ketones (excluding diaryl/α,β-unsaturated/α-hetero) is 1. The van der Waals surface area contributed by atoms with E-state index >= 15 is 0 Å². The van der Waals surface area contributed by atoms with Crippen molar-refractivity contribution in [3.8, 4) is 0 Å². The number of ketones is 1. The lowest BCUT2D eigenvalue weighted by molar-refractivity contribution is -0.116. The lowest BCUT2D eigenvalue weighted by atomic mass is 9.79. The van der Waals surface area contributed by atoms with Gasteiger partial charge in [0.05, 0.1) is 11.0 Å². The van der Waals surface area contributed by atoms with Gasteiger partial charge in [-0.3, -0.25) is 9.36 Å². The van der Waals surface area contributed by atoms with Gasteiger partial charge in [0.1, 0.15) is 6.04 Å². The largest absolute Gasteiger partial charge is 0.329 e. The van der Waals surface area contributed by atoms with E-state index in [0.717, 1.165) is 34.7 Å². The van der Waals surface area contributed by atoms with Gasteiger partial charge in [-0.1, -0.05) is 48.5 Å². The highest BCUT2D eigenvalue weighted by molar-refractivity contribution is 7.10. The van der Waals surface area contributed by atoms with Crippen LogP contribution in [0.4, 0.5) is 5.95 Å². The van der Waals surface area contributed by atoms with Gasteiger partial charge in [0.15, 0.2) is 5.78 Å². The summed E-state index contributed by atoms with van der Waals surface area (Å²) in [4.78, 5) is 19.5. The molecule has 4 nitrogen and oxygen atoms in total. The third-order valence-corrected chi connectivity index (χ3v) is 6.91. The fourth-order valence-electron chi connectivity index (χ4n) is 4.70. The van der Waals surface area contributed by atoms with Crippen molar-refractivity contribution in [1.29, 1.82) is 0 Å². The van der Waals surface area contributed by atoms with Crippen molar-refractivity contribution in [3.05, 3.63) is 93.8 Å². The molecule has 1 aliphatic heterocycles. The highest BCUT2D eigenvalue weighted by atomic mass is 32.1. The van der Waals surface area contributed by atoms with Crippen LogP contribution in [0.15, 0.2) is 83.4 Å². The third-order valence-electron chi connectivity index (χ3n) is 5.98. The Bertz CT molecular complexity index is 1250. The van der Waals surface area contributed by atoms with Crippen LogP contribution in [0.5, 0.6) is 0 Å². The summed E-state index contributed by atoms with van der Waals surface area (Å²) in [5, 5.41) is 5.61. The first-order chi connectivity index (χ1) is 14.3. The minimum absolute atomic E-state index is 0.113. The second kappa shape index (κ2) is 6.42. The van der Waals surface area contributed by atoms with Crippen molar-refractivity contribution in [1.82, 2.24) is 9.55 Å². The maximum Gasteiger partial charge on any atom is 0.209 e. The number of thiophene rings is 1. The number of hydrogen-bond donors (Lipinski definition) is 1. The van der Waals surface area contributed by atoms with Crippen LogP contribution in [0.25, 0.3) is 11.0 Å². The average molecular weight is 398 g/mol. The number of benzene rings is 2. The summed E-state index contributed by atoms with van der Waals surface area (Å²) >= 11 is 1.70. The van der Waals surface area contributed by atoms with Gasteiger partial charge in [-0.05, 0) is 41.5 Å². The quantitative estimate of drug-likeness (QED) is 0.485. The smallest absolute Gasteiger partial charge is 0.209 e. The first kappa shape index (κ1) is 16.7. The normalized spacial score (nSPS) is 21.0. The molecule has 0 unspecified atom stereocenters. The van der Waals surface area contributed by atoms with Crippen LogP contribution in [0.2, 0.25) is 0 Å². The van der Waals surface area contributed by atoms with Crippen molar-refractivity contribution >= 4 is 34.1 Å². The van der Waals surface area contributed by atoms with E-state index in [1.807, 2.05) is 36.4 Å². The summed E-state index contributed by atoms with van der Waals surface area (Å²) in [6.45, 7) is 0. The highest BCUT2D eigenvalue weighted by Crippen LogP contribution is 2.46. The zero-order valence-electron chi connectivity index (χ0n) is 15.7. The molecule has 0 amide bonds. The zero-order chi connectivity index (χ0) is 19.4. The Morgan fingerprint density at radius 2 is 1.79 bits per heavy atom. The van der Waals surface area contributed by atoms with E-state index in [1.54, 1.807) is 11.3 Å². The molecule has 0 spiro atoms. The van der Waals surface area contributed by atoms with E-state index in [1.165, 1.54) is 10.4 Å². The predicted octanol–water partition coefficient (Wildman–Crippen LogP) is 5.51. The van der Waals surface area contributed by atoms with Gasteiger partial charge in [0, 0.05) is 22.6 Å². The molecule has 2 aliphatic rings. The van der Waals surface area contributed by atoms with Crippen molar-refractivity contribution in [3.63, 3.8) is 0 Å². The van der Waals surface area contributed by atoms with E-state index in [2.05, 4.69) is 45.6 Å². The van der Waals surface area contributed by atoms with Crippen LogP contribution in [0.1, 0.15) is 35.2 Å². The minimum Gasteiger partial charge on any atom is -0.329 e. The molecule has 4 aromatic rings. The Hall–Kier alpha value is -3.18. The number of para-hydroxylation sites is 2. The molecule has 1 N–H and O–H groups in total. The molecule has 0 radical (unpaired) electrons. The number of nitrogens with zero attached hydrogens (tertiary/aromatic N) is 2. The van der Waals surface area contributed by atoms with Crippen LogP contribution in [0, 0.1) is 0 Å². The molecule has 0 bridgehead atoms. The Kier molecular flexibility index (Phi) is 3.71. The second-order valence-corrected chi connectivity index (χ2v) is 8.65. The van der Waals surface area contributed by atoms with Crippen LogP contribution in [0.3, 0.4) is 0 Å². The number of carbonyl (C=O) groups is 1. The van der Waals surface area contributed by atoms with E-state index < -0.39 is 0 Å². The molecule has 3 heterocycles. The SMILES string of the molecule is O=C1C[C@@H](c2ccccc2)CC2=C1[C@H](c1cccs1)n1c(nc3ccccc31)N2. The number of carbonyl (C=O) groups excluding carboxylic acids is 1. The maximum absolute atomic E-state index is 13.5. The van der Waals surface area contributed by atoms with Crippen LogP contribution in [-0.2, 0) is 4.79 Å². The van der Waals surface area contributed by atoms with Crippen molar-refractivity contribution in [2.45, 2.75) is 24.8 Å². The standard InChI is InChI=1S/C24H19N3OS/c28-20-14-16(15-7-2-1-3-8-15)13-18-22(20)23(21-11-6-12-29-21)27-19-10-5-4-9-17(19)25-24(27)26-18/h1-12,16,23H,13-14H2,(H,25,26)/t16-,23-/m0/s1. The van der Waals surface area contributed by atoms with Crippen molar-refractivity contribution < 1.29 is 4.79 Å². The molecule has 2 aromatic heterocycles. The number of allylic oxidation sites excluding steroid dienone is 2. The summed E-state index contributed by atoms with van der Waals surface area (Å²) in [6, 6.07) is 22.6. The molecule has 0 saturated carbocycles. The number of nitrogens with one attached hydrogen (secondary N) is 1. The van der Waals surface area contributed by atoms with E-state index in [-0.39, 0.29) is 17.7 Å². The second-order valence-electron chi connectivity index (χ2n) is 7.67. The van der Waals surface area contributed by atoms with Crippen LogP contribution >= 0.6 is 11.3 Å². The van der Waals surface area contributed by atoms with Gasteiger partial charge < -0.3 is 5.32 Å². The summed E-state index contributed by atoms with van der Waals surface area (Å²) in [7, 11) is 0. The number of imidazole rings is 1. The van der Waals surface area contributed by atoms with Gasteiger partial charge in [0.25, 0.3) is 0 Å².